The Labute approximate surface area is 117 Å². The first-order valence-corrected chi connectivity index (χ1v) is 6.31. The zero-order chi connectivity index (χ0) is 14.4. The summed E-state index contributed by atoms with van der Waals surface area (Å²) in [4.78, 5) is 8.58. The molecule has 0 aliphatic heterocycles. The summed E-state index contributed by atoms with van der Waals surface area (Å²) in [5.74, 6) is 0. The molecule has 0 spiro atoms. The number of pyridine rings is 1. The van der Waals surface area contributed by atoms with Crippen LogP contribution in [0.15, 0.2) is 60.8 Å². The quantitative estimate of drug-likeness (QED) is 0.698. The third-order valence-electron chi connectivity index (χ3n) is 3.08. The van der Waals surface area contributed by atoms with Gasteiger partial charge in [-0.1, -0.05) is 30.3 Å². The third kappa shape index (κ3) is 2.70. The highest BCUT2D eigenvalue weighted by Gasteiger charge is 2.07. The van der Waals surface area contributed by atoms with Crippen molar-refractivity contribution in [3.05, 3.63) is 66.4 Å². The van der Waals surface area contributed by atoms with E-state index in [-0.39, 0.29) is 6.41 Å². The first kappa shape index (κ1) is 13.8. The zero-order valence-electron chi connectivity index (χ0n) is 11.1. The number of hydrogen-bond acceptors (Lipinski definition) is 2. The van der Waals surface area contributed by atoms with Crippen molar-refractivity contribution < 1.29 is 4.79 Å². The number of nitrogens with two attached hydrogens (primary N) is 2. The van der Waals surface area contributed by atoms with Crippen molar-refractivity contribution in [1.29, 1.82) is 0 Å². The van der Waals surface area contributed by atoms with Gasteiger partial charge >= 0.3 is 0 Å². The summed E-state index contributed by atoms with van der Waals surface area (Å²) in [6.45, 7) is 0.566. The van der Waals surface area contributed by atoms with Crippen LogP contribution in [0.4, 0.5) is 0 Å². The van der Waals surface area contributed by atoms with Crippen molar-refractivity contribution in [3.63, 3.8) is 0 Å². The molecule has 0 radical (unpaired) electrons. The van der Waals surface area contributed by atoms with E-state index in [1.807, 2.05) is 18.2 Å². The SMILES string of the molecule is NC=O.NCc1ccccc1-c1ccc2ccccn12. The summed E-state index contributed by atoms with van der Waals surface area (Å²) < 4.78 is 2.19. The predicted molar refractivity (Wildman–Crippen MR) is 81.0 cm³/mol. The van der Waals surface area contributed by atoms with E-state index in [1.54, 1.807) is 0 Å². The molecule has 2 heterocycles. The molecule has 1 aromatic carbocycles. The van der Waals surface area contributed by atoms with Crippen molar-refractivity contribution in [1.82, 2.24) is 4.40 Å². The number of benzene rings is 1. The van der Waals surface area contributed by atoms with Crippen molar-refractivity contribution in [2.24, 2.45) is 11.5 Å². The molecule has 0 saturated heterocycles. The summed E-state index contributed by atoms with van der Waals surface area (Å²) in [5, 5.41) is 0. The largest absolute Gasteiger partial charge is 0.372 e. The Bertz CT molecular complexity index is 704. The molecule has 0 bridgehead atoms. The van der Waals surface area contributed by atoms with Crippen LogP contribution in [-0.4, -0.2) is 10.8 Å². The molecule has 1 amide bonds. The summed E-state index contributed by atoms with van der Waals surface area (Å²) in [6.07, 6.45) is 2.33. The molecule has 0 aliphatic rings. The molecule has 4 N–H and O–H groups in total. The minimum atomic E-state index is 0.250. The van der Waals surface area contributed by atoms with Crippen LogP contribution in [0.5, 0.6) is 0 Å². The van der Waals surface area contributed by atoms with Crippen LogP contribution >= 0.6 is 0 Å². The Morgan fingerprint density at radius 3 is 2.45 bits per heavy atom. The highest BCUT2D eigenvalue weighted by Crippen LogP contribution is 2.25. The lowest BCUT2D eigenvalue weighted by molar-refractivity contribution is -0.106. The van der Waals surface area contributed by atoms with Crippen LogP contribution in [0.25, 0.3) is 16.8 Å². The molecule has 0 fully saturated rings. The molecule has 4 nitrogen and oxygen atoms in total. The number of amides is 1. The number of rotatable bonds is 2. The number of carbonyl (C=O) groups excluding carboxylic acids is 1. The molecule has 2 aromatic heterocycles. The molecule has 0 unspecified atom stereocenters. The summed E-state index contributed by atoms with van der Waals surface area (Å²) in [6, 6.07) is 18.8. The van der Waals surface area contributed by atoms with Gasteiger partial charge < -0.3 is 15.9 Å². The number of carbonyl (C=O) groups is 1. The smallest absolute Gasteiger partial charge is 0.204 e. The molecule has 0 saturated carbocycles. The van der Waals surface area contributed by atoms with Gasteiger partial charge in [-0.25, -0.2) is 0 Å². The number of nitrogens with zero attached hydrogens (tertiary/aromatic N) is 1. The maximum atomic E-state index is 8.58. The fraction of sp³-hybridized carbons (Fsp3) is 0.0625. The number of fused-ring (bicyclic) bond motifs is 1. The second-order valence-electron chi connectivity index (χ2n) is 4.21. The molecule has 0 aliphatic carbocycles. The Hall–Kier alpha value is -2.59. The summed E-state index contributed by atoms with van der Waals surface area (Å²) in [5.41, 5.74) is 14.7. The number of hydrogen-bond donors (Lipinski definition) is 2. The van der Waals surface area contributed by atoms with E-state index in [4.69, 9.17) is 10.5 Å². The van der Waals surface area contributed by atoms with Gasteiger partial charge in [0.25, 0.3) is 0 Å². The lowest BCUT2D eigenvalue weighted by Gasteiger charge is -2.08. The van der Waals surface area contributed by atoms with Gasteiger partial charge in [-0.2, -0.15) is 0 Å². The molecule has 20 heavy (non-hydrogen) atoms. The number of primary amides is 1. The molecule has 102 valence electrons. The average molecular weight is 267 g/mol. The minimum Gasteiger partial charge on any atom is -0.372 e. The average Bonchev–Trinajstić information content (AvgIpc) is 2.92. The fourth-order valence-corrected chi connectivity index (χ4v) is 2.22. The molecular formula is C16H17N3O. The van der Waals surface area contributed by atoms with Crippen molar-refractivity contribution in [2.45, 2.75) is 6.54 Å². The first-order chi connectivity index (χ1) is 9.81. The van der Waals surface area contributed by atoms with Crippen molar-refractivity contribution in [3.8, 4) is 11.3 Å². The van der Waals surface area contributed by atoms with E-state index in [1.165, 1.54) is 22.3 Å². The number of aromatic nitrogens is 1. The Balaban J connectivity index is 0.000000452. The van der Waals surface area contributed by atoms with Gasteiger partial charge in [0.1, 0.15) is 0 Å². The van der Waals surface area contributed by atoms with E-state index >= 15 is 0 Å². The highest BCUT2D eigenvalue weighted by molar-refractivity contribution is 5.70. The van der Waals surface area contributed by atoms with Crippen LogP contribution in [0, 0.1) is 0 Å². The van der Waals surface area contributed by atoms with E-state index in [0.717, 1.165) is 0 Å². The maximum Gasteiger partial charge on any atom is 0.204 e. The van der Waals surface area contributed by atoms with Crippen LogP contribution in [-0.2, 0) is 11.3 Å². The van der Waals surface area contributed by atoms with E-state index in [2.05, 4.69) is 52.7 Å². The molecular weight excluding hydrogens is 250 g/mol. The normalized spacial score (nSPS) is 9.85. The van der Waals surface area contributed by atoms with Gasteiger partial charge in [-0.15, -0.1) is 0 Å². The minimum absolute atomic E-state index is 0.250. The highest BCUT2D eigenvalue weighted by atomic mass is 16.1. The van der Waals surface area contributed by atoms with Gasteiger partial charge in [0.05, 0.1) is 5.69 Å². The Kier molecular flexibility index (Phi) is 4.52. The van der Waals surface area contributed by atoms with Crippen molar-refractivity contribution >= 4 is 11.9 Å². The fourth-order valence-electron chi connectivity index (χ4n) is 2.22. The molecule has 3 rings (SSSR count). The van der Waals surface area contributed by atoms with E-state index < -0.39 is 0 Å². The van der Waals surface area contributed by atoms with Gasteiger partial charge in [0.15, 0.2) is 0 Å². The van der Waals surface area contributed by atoms with Crippen LogP contribution in [0.2, 0.25) is 0 Å². The standard InChI is InChI=1S/C15H14N2.CH3NO/c16-11-12-5-1-2-7-14(12)15-9-8-13-6-3-4-10-17(13)15;2-1-3/h1-10H,11,16H2;1H,(H2,2,3). The Morgan fingerprint density at radius 2 is 1.70 bits per heavy atom. The summed E-state index contributed by atoms with van der Waals surface area (Å²) >= 11 is 0. The van der Waals surface area contributed by atoms with Crippen LogP contribution < -0.4 is 11.5 Å². The lowest BCUT2D eigenvalue weighted by Crippen LogP contribution is -1.99. The van der Waals surface area contributed by atoms with Crippen LogP contribution in [0.1, 0.15) is 5.56 Å². The topological polar surface area (TPSA) is 73.5 Å². The van der Waals surface area contributed by atoms with Gasteiger partial charge in [-0.3, -0.25) is 4.79 Å². The Morgan fingerprint density at radius 1 is 1.00 bits per heavy atom. The third-order valence-corrected chi connectivity index (χ3v) is 3.08. The second-order valence-corrected chi connectivity index (χ2v) is 4.21. The second kappa shape index (κ2) is 6.54. The van der Waals surface area contributed by atoms with Gasteiger partial charge in [0, 0.05) is 23.8 Å². The van der Waals surface area contributed by atoms with Crippen molar-refractivity contribution in [2.75, 3.05) is 0 Å². The zero-order valence-corrected chi connectivity index (χ0v) is 11.1. The monoisotopic (exact) mass is 267 g/mol. The summed E-state index contributed by atoms with van der Waals surface area (Å²) in [7, 11) is 0. The first-order valence-electron chi connectivity index (χ1n) is 6.31. The van der Waals surface area contributed by atoms with Crippen LogP contribution in [0.3, 0.4) is 0 Å². The van der Waals surface area contributed by atoms with Gasteiger partial charge in [-0.05, 0) is 29.8 Å². The lowest BCUT2D eigenvalue weighted by atomic mass is 10.0. The molecule has 4 heteroatoms. The predicted octanol–water partition coefficient (Wildman–Crippen LogP) is 2.17. The molecule has 0 atom stereocenters. The maximum absolute atomic E-state index is 8.58. The van der Waals surface area contributed by atoms with E-state index in [9.17, 15) is 0 Å². The van der Waals surface area contributed by atoms with E-state index in [0.29, 0.717) is 6.54 Å². The van der Waals surface area contributed by atoms with Gasteiger partial charge in [0.2, 0.25) is 6.41 Å². The molecule has 3 aromatic rings.